The summed E-state index contributed by atoms with van der Waals surface area (Å²) in [5.41, 5.74) is 1.20. The number of piperidine rings is 2. The minimum Gasteiger partial charge on any atom is -0.353 e. The summed E-state index contributed by atoms with van der Waals surface area (Å²) < 4.78 is 0. The van der Waals surface area contributed by atoms with Crippen molar-refractivity contribution in [2.75, 3.05) is 19.6 Å². The Morgan fingerprint density at radius 1 is 1.00 bits per heavy atom. The van der Waals surface area contributed by atoms with E-state index < -0.39 is 0 Å². The zero-order chi connectivity index (χ0) is 19.9. The van der Waals surface area contributed by atoms with E-state index in [4.69, 9.17) is 0 Å². The molecule has 0 aromatic heterocycles. The summed E-state index contributed by atoms with van der Waals surface area (Å²) in [5.74, 6) is 0.402. The molecule has 3 rings (SSSR count). The van der Waals surface area contributed by atoms with Gasteiger partial charge >= 0.3 is 0 Å². The smallest absolute Gasteiger partial charge is 0.237 e. The fourth-order valence-corrected chi connectivity index (χ4v) is 4.62. The molecule has 1 aromatic carbocycles. The third-order valence-electron chi connectivity index (χ3n) is 6.28. The van der Waals surface area contributed by atoms with E-state index in [0.29, 0.717) is 25.0 Å². The van der Waals surface area contributed by atoms with Gasteiger partial charge in [-0.3, -0.25) is 14.5 Å². The first-order chi connectivity index (χ1) is 13.5. The lowest BCUT2D eigenvalue weighted by molar-refractivity contribution is -0.139. The highest BCUT2D eigenvalue weighted by Crippen LogP contribution is 2.23. The molecule has 1 aromatic rings. The molecule has 154 valence electrons. The maximum absolute atomic E-state index is 12.8. The minimum atomic E-state index is 0.134. The number of hydrogen-bond acceptors (Lipinski definition) is 3. The van der Waals surface area contributed by atoms with Crippen molar-refractivity contribution < 1.29 is 9.59 Å². The summed E-state index contributed by atoms with van der Waals surface area (Å²) in [6.45, 7) is 6.62. The van der Waals surface area contributed by atoms with Gasteiger partial charge in [0.1, 0.15) is 0 Å². The zero-order valence-corrected chi connectivity index (χ0v) is 17.4. The van der Waals surface area contributed by atoms with E-state index in [1.54, 1.807) is 0 Å². The quantitative estimate of drug-likeness (QED) is 0.819. The molecule has 2 unspecified atom stereocenters. The van der Waals surface area contributed by atoms with E-state index in [9.17, 15) is 9.59 Å². The van der Waals surface area contributed by atoms with Gasteiger partial charge in [0.2, 0.25) is 11.8 Å². The van der Waals surface area contributed by atoms with Crippen LogP contribution in [0.25, 0.3) is 0 Å². The number of aryl methyl sites for hydroxylation is 1. The predicted octanol–water partition coefficient (Wildman–Crippen LogP) is 2.99. The molecule has 5 nitrogen and oxygen atoms in total. The topological polar surface area (TPSA) is 52.7 Å². The molecule has 0 spiro atoms. The fraction of sp³-hybridized carbons (Fsp3) is 0.652. The monoisotopic (exact) mass is 385 g/mol. The first-order valence-corrected chi connectivity index (χ1v) is 10.9. The number of carbonyl (C=O) groups excluding carboxylic acids is 2. The Labute approximate surface area is 169 Å². The van der Waals surface area contributed by atoms with E-state index in [0.717, 1.165) is 45.2 Å². The number of hydrogen-bond donors (Lipinski definition) is 1. The second-order valence-corrected chi connectivity index (χ2v) is 8.53. The first kappa shape index (κ1) is 20.8. The minimum absolute atomic E-state index is 0.134. The van der Waals surface area contributed by atoms with Gasteiger partial charge in [0, 0.05) is 37.6 Å². The Morgan fingerprint density at radius 2 is 1.64 bits per heavy atom. The Balaban J connectivity index is 1.37. The normalized spacial score (nSPS) is 24.1. The number of nitrogens with one attached hydrogen (secondary N) is 1. The van der Waals surface area contributed by atoms with Crippen LogP contribution in [0.3, 0.4) is 0 Å². The second-order valence-electron chi connectivity index (χ2n) is 8.53. The molecule has 2 aliphatic rings. The number of rotatable bonds is 6. The van der Waals surface area contributed by atoms with Gasteiger partial charge in [-0.05, 0) is 57.9 Å². The standard InChI is InChI=1S/C23H35N3O2/c1-18-7-6-8-19(2)26(18)23(28)17-25-15-13-21(14-16-25)24-22(27)12-11-20-9-4-3-5-10-20/h3-5,9-10,18-19,21H,6-8,11-17H2,1-2H3,(H,24,27). The Kier molecular flexibility index (Phi) is 7.49. The zero-order valence-electron chi connectivity index (χ0n) is 17.4. The number of benzene rings is 1. The molecule has 0 saturated carbocycles. The van der Waals surface area contributed by atoms with Crippen molar-refractivity contribution in [2.24, 2.45) is 0 Å². The first-order valence-electron chi connectivity index (χ1n) is 10.9. The van der Waals surface area contributed by atoms with Crippen LogP contribution in [0.4, 0.5) is 0 Å². The summed E-state index contributed by atoms with van der Waals surface area (Å²) >= 11 is 0. The van der Waals surface area contributed by atoms with Crippen molar-refractivity contribution >= 4 is 11.8 Å². The van der Waals surface area contributed by atoms with E-state index in [-0.39, 0.29) is 17.9 Å². The number of amides is 2. The van der Waals surface area contributed by atoms with Crippen LogP contribution in [-0.4, -0.2) is 59.4 Å². The van der Waals surface area contributed by atoms with Gasteiger partial charge in [-0.1, -0.05) is 30.3 Å². The Bertz CT molecular complexity index is 631. The summed E-state index contributed by atoms with van der Waals surface area (Å²) in [4.78, 5) is 29.4. The maximum Gasteiger partial charge on any atom is 0.237 e. The third-order valence-corrected chi connectivity index (χ3v) is 6.28. The van der Waals surface area contributed by atoms with Crippen molar-refractivity contribution in [1.29, 1.82) is 0 Å². The molecule has 5 heteroatoms. The lowest BCUT2D eigenvalue weighted by Gasteiger charge is -2.41. The van der Waals surface area contributed by atoms with Crippen LogP contribution in [0.15, 0.2) is 30.3 Å². The second kappa shape index (κ2) is 10.1. The van der Waals surface area contributed by atoms with Crippen LogP contribution in [0.5, 0.6) is 0 Å². The molecule has 2 amide bonds. The molecule has 0 aliphatic carbocycles. The Hall–Kier alpha value is -1.88. The third kappa shape index (κ3) is 5.81. The van der Waals surface area contributed by atoms with Gasteiger partial charge in [-0.2, -0.15) is 0 Å². The maximum atomic E-state index is 12.8. The van der Waals surface area contributed by atoms with E-state index >= 15 is 0 Å². The molecular weight excluding hydrogens is 350 g/mol. The number of nitrogens with zero attached hydrogens (tertiary/aromatic N) is 2. The summed E-state index contributed by atoms with van der Waals surface area (Å²) in [6, 6.07) is 11.1. The van der Waals surface area contributed by atoms with Crippen LogP contribution >= 0.6 is 0 Å². The van der Waals surface area contributed by atoms with Crippen molar-refractivity contribution in [2.45, 2.75) is 76.9 Å². The van der Waals surface area contributed by atoms with Crippen LogP contribution < -0.4 is 5.32 Å². The summed E-state index contributed by atoms with van der Waals surface area (Å²) in [7, 11) is 0. The highest BCUT2D eigenvalue weighted by Gasteiger charge is 2.30. The molecular formula is C23H35N3O2. The average Bonchev–Trinajstić information content (AvgIpc) is 2.68. The molecule has 2 aliphatic heterocycles. The molecule has 2 atom stereocenters. The molecule has 1 N–H and O–H groups in total. The molecule has 0 radical (unpaired) electrons. The van der Waals surface area contributed by atoms with Gasteiger partial charge in [-0.25, -0.2) is 0 Å². The lowest BCUT2D eigenvalue weighted by atomic mass is 9.97. The van der Waals surface area contributed by atoms with Crippen LogP contribution in [0.2, 0.25) is 0 Å². The Morgan fingerprint density at radius 3 is 2.29 bits per heavy atom. The summed E-state index contributed by atoms with van der Waals surface area (Å²) in [6.07, 6.45) is 6.63. The lowest BCUT2D eigenvalue weighted by Crippen LogP contribution is -2.53. The highest BCUT2D eigenvalue weighted by atomic mass is 16.2. The van der Waals surface area contributed by atoms with E-state index in [2.05, 4.69) is 41.1 Å². The predicted molar refractivity (Wildman–Crippen MR) is 112 cm³/mol. The van der Waals surface area contributed by atoms with Gasteiger partial charge in [0.05, 0.1) is 6.54 Å². The molecule has 28 heavy (non-hydrogen) atoms. The van der Waals surface area contributed by atoms with Crippen molar-refractivity contribution in [3.05, 3.63) is 35.9 Å². The highest BCUT2D eigenvalue weighted by molar-refractivity contribution is 5.79. The van der Waals surface area contributed by atoms with Crippen molar-refractivity contribution in [3.8, 4) is 0 Å². The number of carbonyl (C=O) groups is 2. The molecule has 2 fully saturated rings. The van der Waals surface area contributed by atoms with E-state index in [1.807, 2.05) is 18.2 Å². The van der Waals surface area contributed by atoms with Gasteiger partial charge in [0.25, 0.3) is 0 Å². The number of likely N-dealkylation sites (tertiary alicyclic amines) is 2. The van der Waals surface area contributed by atoms with Crippen LogP contribution in [0, 0.1) is 0 Å². The molecule has 0 bridgehead atoms. The van der Waals surface area contributed by atoms with E-state index in [1.165, 1.54) is 12.0 Å². The van der Waals surface area contributed by atoms with Crippen LogP contribution in [-0.2, 0) is 16.0 Å². The largest absolute Gasteiger partial charge is 0.353 e. The van der Waals surface area contributed by atoms with Crippen molar-refractivity contribution in [3.63, 3.8) is 0 Å². The summed E-state index contributed by atoms with van der Waals surface area (Å²) in [5, 5.41) is 3.18. The van der Waals surface area contributed by atoms with Crippen molar-refractivity contribution in [1.82, 2.24) is 15.1 Å². The molecule has 2 saturated heterocycles. The van der Waals surface area contributed by atoms with Gasteiger partial charge < -0.3 is 10.2 Å². The average molecular weight is 386 g/mol. The van der Waals surface area contributed by atoms with Gasteiger partial charge in [0.15, 0.2) is 0 Å². The van der Waals surface area contributed by atoms with Gasteiger partial charge in [-0.15, -0.1) is 0 Å². The van der Waals surface area contributed by atoms with Crippen LogP contribution in [0.1, 0.15) is 57.9 Å². The molecule has 2 heterocycles. The fourth-order valence-electron chi connectivity index (χ4n) is 4.62. The SMILES string of the molecule is CC1CCCC(C)N1C(=O)CN1CCC(NC(=O)CCc2ccccc2)CC1.